The van der Waals surface area contributed by atoms with Gasteiger partial charge in [0, 0.05) is 6.08 Å². The van der Waals surface area contributed by atoms with Crippen molar-refractivity contribution in [2.45, 2.75) is 60.5 Å². The van der Waals surface area contributed by atoms with E-state index in [0.29, 0.717) is 6.61 Å². The van der Waals surface area contributed by atoms with Gasteiger partial charge in [0.1, 0.15) is 6.61 Å². The third-order valence-electron chi connectivity index (χ3n) is 5.34. The number of carbonyl (C=O) groups is 1. The number of carbonyl (C=O) groups excluding carboxylic acids is 1. The highest BCUT2D eigenvalue weighted by molar-refractivity contribution is 5.83. The van der Waals surface area contributed by atoms with Gasteiger partial charge in [0.25, 0.3) is 0 Å². The molecule has 0 bridgehead atoms. The summed E-state index contributed by atoms with van der Waals surface area (Å²) in [6.45, 7) is 11.2. The molecule has 0 aliphatic heterocycles. The van der Waals surface area contributed by atoms with Gasteiger partial charge in [-0.15, -0.1) is 0 Å². The normalized spacial score (nSPS) is 18.0. The van der Waals surface area contributed by atoms with Crippen LogP contribution in [0.15, 0.2) is 89.1 Å². The van der Waals surface area contributed by atoms with Crippen molar-refractivity contribution < 1.29 is 9.53 Å². The van der Waals surface area contributed by atoms with Crippen LogP contribution in [0.4, 0.5) is 0 Å². The topological polar surface area (TPSA) is 26.3 Å². The summed E-state index contributed by atoms with van der Waals surface area (Å²) in [6.07, 6.45) is 15.7. The van der Waals surface area contributed by atoms with Gasteiger partial charge in [0.2, 0.25) is 0 Å². The molecule has 0 amide bonds. The summed E-state index contributed by atoms with van der Waals surface area (Å²) in [5, 5.41) is 0. The molecule has 1 aromatic rings. The molecule has 0 saturated heterocycles. The maximum Gasteiger partial charge on any atom is 0.331 e. The quantitative estimate of drug-likeness (QED) is 0.278. The van der Waals surface area contributed by atoms with Crippen molar-refractivity contribution in [1.82, 2.24) is 0 Å². The van der Waals surface area contributed by atoms with Crippen LogP contribution in [0.5, 0.6) is 0 Å². The number of allylic oxidation sites excluding steroid dienone is 9. The van der Waals surface area contributed by atoms with E-state index in [4.69, 9.17) is 4.74 Å². The fourth-order valence-electron chi connectivity index (χ4n) is 3.64. The van der Waals surface area contributed by atoms with Gasteiger partial charge in [-0.1, -0.05) is 85.7 Å². The number of hydrogen-bond acceptors (Lipinski definition) is 2. The van der Waals surface area contributed by atoms with E-state index < -0.39 is 0 Å². The minimum atomic E-state index is -0.321. The Kier molecular flexibility index (Phi) is 8.45. The molecule has 0 fully saturated rings. The summed E-state index contributed by atoms with van der Waals surface area (Å²) >= 11 is 0. The minimum Gasteiger partial charge on any atom is -0.458 e. The SMILES string of the molecule is CC1=C(/C=C/C(C)=C/C=C/C(C)=C/C(=O)OCc2ccccc2)C(C)(C)CCC1. The Morgan fingerprint density at radius 3 is 2.52 bits per heavy atom. The predicted molar refractivity (Wildman–Crippen MR) is 122 cm³/mol. The average Bonchev–Trinajstić information content (AvgIpc) is 2.66. The number of rotatable bonds is 7. The zero-order chi connectivity index (χ0) is 21.3. The van der Waals surface area contributed by atoms with Crippen molar-refractivity contribution in [3.8, 4) is 0 Å². The fourth-order valence-corrected chi connectivity index (χ4v) is 3.64. The predicted octanol–water partition coefficient (Wildman–Crippen LogP) is 7.26. The lowest BCUT2D eigenvalue weighted by Crippen LogP contribution is -2.19. The van der Waals surface area contributed by atoms with Crippen LogP contribution in [0.3, 0.4) is 0 Å². The molecule has 2 rings (SSSR count). The molecule has 2 heteroatoms. The highest BCUT2D eigenvalue weighted by atomic mass is 16.5. The molecular weight excluding hydrogens is 356 g/mol. The van der Waals surface area contributed by atoms with E-state index in [1.165, 1.54) is 42.1 Å². The van der Waals surface area contributed by atoms with Crippen molar-refractivity contribution in [2.75, 3.05) is 0 Å². The summed E-state index contributed by atoms with van der Waals surface area (Å²) in [5.74, 6) is -0.321. The Bertz CT molecular complexity index is 846. The molecule has 1 aliphatic carbocycles. The Hall–Kier alpha value is -2.61. The second-order valence-corrected chi connectivity index (χ2v) is 8.52. The van der Waals surface area contributed by atoms with Gasteiger partial charge >= 0.3 is 5.97 Å². The summed E-state index contributed by atoms with van der Waals surface area (Å²) in [6, 6.07) is 9.69. The van der Waals surface area contributed by atoms with Crippen molar-refractivity contribution in [3.05, 3.63) is 94.6 Å². The number of ether oxygens (including phenoxy) is 1. The van der Waals surface area contributed by atoms with Crippen molar-refractivity contribution in [1.29, 1.82) is 0 Å². The van der Waals surface area contributed by atoms with Gasteiger partial charge in [0.05, 0.1) is 0 Å². The van der Waals surface area contributed by atoms with E-state index in [1.807, 2.05) is 49.4 Å². The van der Waals surface area contributed by atoms with Crippen molar-refractivity contribution >= 4 is 5.97 Å². The van der Waals surface area contributed by atoms with Gasteiger partial charge in [-0.05, 0) is 62.2 Å². The highest BCUT2D eigenvalue weighted by Gasteiger charge is 2.26. The fraction of sp³-hybridized carbons (Fsp3) is 0.370. The zero-order valence-electron chi connectivity index (χ0n) is 18.5. The molecule has 0 unspecified atom stereocenters. The smallest absolute Gasteiger partial charge is 0.331 e. The standard InChI is InChI=1S/C27H34O2/c1-21(16-17-25-23(3)13-10-18-27(25,4)5)11-9-12-22(2)19-26(28)29-20-24-14-7-6-8-15-24/h6-9,11-12,14-17,19H,10,13,18,20H2,1-5H3/b12-9+,17-16+,21-11+,22-19+. The summed E-state index contributed by atoms with van der Waals surface area (Å²) in [5.41, 5.74) is 6.27. The van der Waals surface area contributed by atoms with E-state index in [-0.39, 0.29) is 11.4 Å². The molecule has 0 spiro atoms. The lowest BCUT2D eigenvalue weighted by Gasteiger charge is -2.32. The van der Waals surface area contributed by atoms with E-state index in [0.717, 1.165) is 11.1 Å². The van der Waals surface area contributed by atoms with E-state index in [2.05, 4.69) is 45.9 Å². The summed E-state index contributed by atoms with van der Waals surface area (Å²) < 4.78 is 5.28. The maximum atomic E-state index is 11.9. The molecule has 1 aromatic carbocycles. The van der Waals surface area contributed by atoms with Crippen LogP contribution in [-0.2, 0) is 16.1 Å². The summed E-state index contributed by atoms with van der Waals surface area (Å²) in [7, 11) is 0. The molecule has 0 N–H and O–H groups in total. The molecule has 29 heavy (non-hydrogen) atoms. The van der Waals surface area contributed by atoms with Crippen LogP contribution < -0.4 is 0 Å². The second kappa shape index (κ2) is 10.8. The first-order chi connectivity index (χ1) is 13.8. The molecule has 0 aromatic heterocycles. The largest absolute Gasteiger partial charge is 0.458 e. The molecule has 0 heterocycles. The molecule has 154 valence electrons. The highest BCUT2D eigenvalue weighted by Crippen LogP contribution is 2.40. The van der Waals surface area contributed by atoms with E-state index in [9.17, 15) is 4.79 Å². The summed E-state index contributed by atoms with van der Waals surface area (Å²) in [4.78, 5) is 11.9. The van der Waals surface area contributed by atoms with E-state index >= 15 is 0 Å². The number of esters is 1. The molecule has 0 atom stereocenters. The first kappa shape index (κ1) is 22.7. The van der Waals surface area contributed by atoms with Gasteiger partial charge in [-0.3, -0.25) is 0 Å². The minimum absolute atomic E-state index is 0.258. The molecule has 1 aliphatic rings. The van der Waals surface area contributed by atoms with Crippen LogP contribution in [-0.4, -0.2) is 5.97 Å². The van der Waals surface area contributed by atoms with Crippen molar-refractivity contribution in [3.63, 3.8) is 0 Å². The second-order valence-electron chi connectivity index (χ2n) is 8.52. The Labute approximate surface area is 176 Å². The first-order valence-electron chi connectivity index (χ1n) is 10.4. The zero-order valence-corrected chi connectivity index (χ0v) is 18.5. The number of hydrogen-bond donors (Lipinski definition) is 0. The Morgan fingerprint density at radius 1 is 1.10 bits per heavy atom. The Morgan fingerprint density at radius 2 is 1.83 bits per heavy atom. The molecule has 0 saturated carbocycles. The van der Waals surface area contributed by atoms with Crippen molar-refractivity contribution in [2.24, 2.45) is 5.41 Å². The van der Waals surface area contributed by atoms with E-state index in [1.54, 1.807) is 0 Å². The van der Waals surface area contributed by atoms with Crippen LogP contribution in [0.2, 0.25) is 0 Å². The van der Waals surface area contributed by atoms with Crippen LogP contribution >= 0.6 is 0 Å². The van der Waals surface area contributed by atoms with Gasteiger partial charge in [-0.25, -0.2) is 4.79 Å². The van der Waals surface area contributed by atoms with Crippen LogP contribution in [0, 0.1) is 5.41 Å². The lowest BCUT2D eigenvalue weighted by molar-refractivity contribution is -0.139. The van der Waals surface area contributed by atoms with Gasteiger partial charge < -0.3 is 4.74 Å². The van der Waals surface area contributed by atoms with Gasteiger partial charge in [-0.2, -0.15) is 0 Å². The third-order valence-corrected chi connectivity index (χ3v) is 5.34. The maximum absolute atomic E-state index is 11.9. The number of benzene rings is 1. The average molecular weight is 391 g/mol. The molecule has 2 nitrogen and oxygen atoms in total. The van der Waals surface area contributed by atoms with Crippen LogP contribution in [0.1, 0.15) is 59.4 Å². The first-order valence-corrected chi connectivity index (χ1v) is 10.4. The molecule has 0 radical (unpaired) electrons. The third kappa shape index (κ3) is 7.73. The molecular formula is C27H34O2. The Balaban J connectivity index is 1.90. The lowest BCUT2D eigenvalue weighted by atomic mass is 9.72. The monoisotopic (exact) mass is 390 g/mol. The van der Waals surface area contributed by atoms with Crippen LogP contribution in [0.25, 0.3) is 0 Å². The van der Waals surface area contributed by atoms with Gasteiger partial charge in [0.15, 0.2) is 0 Å².